The third-order valence-electron chi connectivity index (χ3n) is 6.59. The second-order valence-corrected chi connectivity index (χ2v) is 8.82. The lowest BCUT2D eigenvalue weighted by atomic mass is 10.0. The molecule has 6 nitrogen and oxygen atoms in total. The Kier molecular flexibility index (Phi) is 5.28. The third-order valence-corrected chi connectivity index (χ3v) is 6.59. The molecule has 5 aromatic rings. The third kappa shape index (κ3) is 3.94. The van der Waals surface area contributed by atoms with Gasteiger partial charge in [0.05, 0.1) is 6.33 Å². The zero-order valence-corrected chi connectivity index (χ0v) is 19.1. The number of nitrogens with zero attached hydrogens (tertiary/aromatic N) is 3. The van der Waals surface area contributed by atoms with Crippen LogP contribution >= 0.6 is 0 Å². The highest BCUT2D eigenvalue weighted by Crippen LogP contribution is 2.30. The average Bonchev–Trinajstić information content (AvgIpc) is 3.40. The van der Waals surface area contributed by atoms with Gasteiger partial charge in [0, 0.05) is 13.1 Å². The Hall–Kier alpha value is -4.42. The number of hydrogen-bond acceptors (Lipinski definition) is 4. The van der Waals surface area contributed by atoms with Gasteiger partial charge in [0.1, 0.15) is 5.69 Å². The molecule has 4 aromatic carbocycles. The average molecular weight is 460 g/mol. The molecule has 3 N–H and O–H groups in total. The Morgan fingerprint density at radius 2 is 1.40 bits per heavy atom. The molecule has 1 aliphatic rings. The first-order valence-corrected chi connectivity index (χ1v) is 11.7. The molecule has 0 radical (unpaired) electrons. The summed E-state index contributed by atoms with van der Waals surface area (Å²) in [6.45, 7) is 0.947. The number of carbonyl (C=O) groups excluding carboxylic acids is 1. The van der Waals surface area contributed by atoms with Gasteiger partial charge in [0.15, 0.2) is 12.1 Å². The topological polar surface area (TPSA) is 78.2 Å². The number of fused-ring (bicyclic) bond motifs is 2. The van der Waals surface area contributed by atoms with Crippen molar-refractivity contribution in [3.63, 3.8) is 0 Å². The minimum Gasteiger partial charge on any atom is -0.339 e. The van der Waals surface area contributed by atoms with Gasteiger partial charge in [-0.2, -0.15) is 0 Å². The molecule has 0 bridgehead atoms. The van der Waals surface area contributed by atoms with E-state index in [0.29, 0.717) is 24.6 Å². The van der Waals surface area contributed by atoms with Crippen molar-refractivity contribution < 1.29 is 4.79 Å². The number of amides is 1. The minimum atomic E-state index is -0.640. The van der Waals surface area contributed by atoms with Crippen LogP contribution in [0, 0.1) is 0 Å². The van der Waals surface area contributed by atoms with Crippen molar-refractivity contribution in [1.29, 1.82) is 0 Å². The Bertz CT molecular complexity index is 1490. The van der Waals surface area contributed by atoms with Gasteiger partial charge in [0.2, 0.25) is 0 Å². The monoisotopic (exact) mass is 459 g/mol. The second kappa shape index (κ2) is 8.74. The Labute approximate surface area is 203 Å². The summed E-state index contributed by atoms with van der Waals surface area (Å²) < 4.78 is 0. The van der Waals surface area contributed by atoms with Crippen LogP contribution in [-0.4, -0.2) is 27.1 Å². The Morgan fingerprint density at radius 3 is 2.20 bits per heavy atom. The lowest BCUT2D eigenvalue weighted by Gasteiger charge is -2.41. The number of nitrogens with one attached hydrogen (secondary N) is 1. The summed E-state index contributed by atoms with van der Waals surface area (Å²) in [5.41, 5.74) is 11.6. The van der Waals surface area contributed by atoms with Gasteiger partial charge < -0.3 is 9.88 Å². The van der Waals surface area contributed by atoms with Gasteiger partial charge in [-0.15, -0.1) is 0 Å². The van der Waals surface area contributed by atoms with Crippen molar-refractivity contribution >= 4 is 22.5 Å². The Morgan fingerprint density at radius 1 is 0.743 bits per heavy atom. The molecule has 0 saturated carbocycles. The van der Waals surface area contributed by atoms with Crippen LogP contribution in [0.2, 0.25) is 0 Å². The number of rotatable bonds is 5. The van der Waals surface area contributed by atoms with Crippen LogP contribution in [0.25, 0.3) is 21.9 Å². The number of imidazole rings is 1. The summed E-state index contributed by atoms with van der Waals surface area (Å²) >= 11 is 0. The van der Waals surface area contributed by atoms with E-state index in [1.54, 1.807) is 11.2 Å². The molecular weight excluding hydrogens is 434 g/mol. The first-order chi connectivity index (χ1) is 17.2. The molecule has 1 atom stereocenters. The van der Waals surface area contributed by atoms with Gasteiger partial charge in [0.25, 0.3) is 5.91 Å². The predicted octanol–water partition coefficient (Wildman–Crippen LogP) is 5.13. The molecule has 1 aliphatic heterocycles. The van der Waals surface area contributed by atoms with E-state index in [2.05, 4.69) is 76.7 Å². The number of nitrogens with two attached hydrogens (primary N) is 1. The molecular formula is C29H25N5O. The molecule has 1 amide bonds. The van der Waals surface area contributed by atoms with E-state index in [9.17, 15) is 4.79 Å². The zero-order chi connectivity index (χ0) is 23.8. The summed E-state index contributed by atoms with van der Waals surface area (Å²) in [5.74, 6) is 0.443. The fourth-order valence-electron chi connectivity index (χ4n) is 4.72. The van der Waals surface area contributed by atoms with E-state index in [0.717, 1.165) is 22.3 Å². The Balaban J connectivity index is 1.27. The SMILES string of the molecule is NC1N(Cc2ccc(-c3ccccc3)cc2)C(=O)c2[nH]cnc2N1Cc1ccc2ccccc2c1. The lowest BCUT2D eigenvalue weighted by molar-refractivity contribution is 0.0628. The maximum absolute atomic E-state index is 13.3. The standard InChI is InChI=1S/C29H25N5O/c30-29-33(18-21-12-15-23-8-4-5-9-25(23)16-21)27-26(31-19-32-27)28(35)34(29)17-20-10-13-24(14-11-20)22-6-2-1-3-7-22/h1-16,19,29H,17-18,30H2,(H,31,32). The molecule has 35 heavy (non-hydrogen) atoms. The molecule has 0 fully saturated rings. The van der Waals surface area contributed by atoms with Crippen LogP contribution in [-0.2, 0) is 13.1 Å². The number of benzene rings is 4. The van der Waals surface area contributed by atoms with E-state index in [1.807, 2.05) is 35.2 Å². The molecule has 6 rings (SSSR count). The summed E-state index contributed by atoms with van der Waals surface area (Å²) in [7, 11) is 0. The van der Waals surface area contributed by atoms with E-state index in [4.69, 9.17) is 5.73 Å². The number of hydrogen-bond donors (Lipinski definition) is 2. The molecule has 2 heterocycles. The molecule has 1 aromatic heterocycles. The largest absolute Gasteiger partial charge is 0.339 e. The molecule has 0 saturated heterocycles. The molecule has 0 spiro atoms. The molecule has 172 valence electrons. The maximum Gasteiger partial charge on any atom is 0.277 e. The minimum absolute atomic E-state index is 0.146. The predicted molar refractivity (Wildman–Crippen MR) is 138 cm³/mol. The maximum atomic E-state index is 13.3. The van der Waals surface area contributed by atoms with E-state index < -0.39 is 6.29 Å². The molecule has 1 unspecified atom stereocenters. The van der Waals surface area contributed by atoms with Gasteiger partial charge in [-0.05, 0) is 39.1 Å². The van der Waals surface area contributed by atoms with Gasteiger partial charge >= 0.3 is 0 Å². The quantitative estimate of drug-likeness (QED) is 0.382. The lowest BCUT2D eigenvalue weighted by Crippen LogP contribution is -2.59. The van der Waals surface area contributed by atoms with Crippen LogP contribution in [0.15, 0.2) is 103 Å². The van der Waals surface area contributed by atoms with E-state index >= 15 is 0 Å². The smallest absolute Gasteiger partial charge is 0.277 e. The number of H-pyrrole nitrogens is 1. The normalized spacial score (nSPS) is 15.5. The van der Waals surface area contributed by atoms with Crippen LogP contribution in [0.4, 0.5) is 5.82 Å². The number of aromatic nitrogens is 2. The highest BCUT2D eigenvalue weighted by atomic mass is 16.2. The fraction of sp³-hybridized carbons (Fsp3) is 0.103. The number of anilines is 1. The molecule has 0 aliphatic carbocycles. The number of aromatic amines is 1. The highest BCUT2D eigenvalue weighted by molar-refractivity contribution is 5.99. The fourth-order valence-corrected chi connectivity index (χ4v) is 4.72. The highest BCUT2D eigenvalue weighted by Gasteiger charge is 2.37. The zero-order valence-electron chi connectivity index (χ0n) is 19.1. The second-order valence-electron chi connectivity index (χ2n) is 8.82. The summed E-state index contributed by atoms with van der Waals surface area (Å²) in [6, 6.07) is 33.2. The van der Waals surface area contributed by atoms with Crippen LogP contribution in [0.3, 0.4) is 0 Å². The van der Waals surface area contributed by atoms with Gasteiger partial charge in [-0.3, -0.25) is 15.4 Å². The van der Waals surface area contributed by atoms with E-state index in [1.165, 1.54) is 10.8 Å². The first kappa shape index (κ1) is 21.1. The first-order valence-electron chi connectivity index (χ1n) is 11.7. The van der Waals surface area contributed by atoms with Crippen molar-refractivity contribution in [2.45, 2.75) is 19.4 Å². The van der Waals surface area contributed by atoms with Gasteiger partial charge in [-0.25, -0.2) is 4.98 Å². The van der Waals surface area contributed by atoms with Crippen LogP contribution in [0.5, 0.6) is 0 Å². The van der Waals surface area contributed by atoms with Crippen LogP contribution in [0.1, 0.15) is 21.6 Å². The summed E-state index contributed by atoms with van der Waals surface area (Å²) in [4.78, 5) is 24.4. The van der Waals surface area contributed by atoms with Crippen molar-refractivity contribution in [3.8, 4) is 11.1 Å². The van der Waals surface area contributed by atoms with Crippen molar-refractivity contribution in [2.24, 2.45) is 5.73 Å². The van der Waals surface area contributed by atoms with Crippen molar-refractivity contribution in [2.75, 3.05) is 4.90 Å². The summed E-state index contributed by atoms with van der Waals surface area (Å²) in [6.07, 6.45) is 0.916. The summed E-state index contributed by atoms with van der Waals surface area (Å²) in [5, 5.41) is 2.36. The number of carbonyl (C=O) groups is 1. The van der Waals surface area contributed by atoms with Gasteiger partial charge in [-0.1, -0.05) is 91.0 Å². The van der Waals surface area contributed by atoms with Crippen LogP contribution < -0.4 is 10.6 Å². The van der Waals surface area contributed by atoms with Crippen molar-refractivity contribution in [1.82, 2.24) is 14.9 Å². The van der Waals surface area contributed by atoms with E-state index in [-0.39, 0.29) is 5.91 Å². The molecule has 6 heteroatoms. The van der Waals surface area contributed by atoms with Crippen molar-refractivity contribution in [3.05, 3.63) is 120 Å².